The molecule has 1 unspecified atom stereocenters. The molecule has 216 valence electrons. The first-order valence-electron chi connectivity index (χ1n) is 13.7. The van der Waals surface area contributed by atoms with Crippen LogP contribution in [0.5, 0.6) is 0 Å². The van der Waals surface area contributed by atoms with E-state index in [9.17, 15) is 18.4 Å². The van der Waals surface area contributed by atoms with Crippen LogP contribution in [0.3, 0.4) is 0 Å². The zero-order valence-corrected chi connectivity index (χ0v) is 24.3. The molecule has 0 aliphatic carbocycles. The molecular formula is C32H30F2N4O3S. The maximum Gasteiger partial charge on any atom is 0.256 e. The number of aromatic nitrogens is 1. The number of anilines is 1. The van der Waals surface area contributed by atoms with E-state index in [1.165, 1.54) is 24.3 Å². The Kier molecular flexibility index (Phi) is 7.40. The van der Waals surface area contributed by atoms with Gasteiger partial charge in [0.2, 0.25) is 0 Å². The molecule has 2 amide bonds. The lowest BCUT2D eigenvalue weighted by molar-refractivity contribution is 0.0709. The van der Waals surface area contributed by atoms with Crippen molar-refractivity contribution in [1.29, 1.82) is 0 Å². The van der Waals surface area contributed by atoms with Gasteiger partial charge in [0.05, 0.1) is 16.8 Å². The van der Waals surface area contributed by atoms with Crippen molar-refractivity contribution in [2.45, 2.75) is 18.8 Å². The third kappa shape index (κ3) is 4.89. The molecule has 7 nitrogen and oxygen atoms in total. The Bertz CT molecular complexity index is 1810. The number of aromatic amines is 1. The molecule has 1 atom stereocenters. The summed E-state index contributed by atoms with van der Waals surface area (Å²) >= 11 is 1.55. The van der Waals surface area contributed by atoms with E-state index in [4.69, 9.17) is 4.42 Å². The van der Waals surface area contributed by atoms with Crippen molar-refractivity contribution in [2.75, 3.05) is 37.7 Å². The maximum atomic E-state index is 13.7. The van der Waals surface area contributed by atoms with Crippen molar-refractivity contribution >= 4 is 51.3 Å². The van der Waals surface area contributed by atoms with Crippen molar-refractivity contribution in [1.82, 2.24) is 15.2 Å². The Morgan fingerprint density at radius 2 is 1.83 bits per heavy atom. The summed E-state index contributed by atoms with van der Waals surface area (Å²) in [5.74, 6) is -0.775. The number of nitrogens with zero attached hydrogens (tertiary/aromatic N) is 2. The van der Waals surface area contributed by atoms with Crippen LogP contribution in [0, 0.1) is 11.6 Å². The molecule has 0 bridgehead atoms. The molecule has 1 aliphatic rings. The summed E-state index contributed by atoms with van der Waals surface area (Å²) in [7, 11) is 3.53. The highest BCUT2D eigenvalue weighted by atomic mass is 32.2. The van der Waals surface area contributed by atoms with Crippen molar-refractivity contribution in [3.05, 3.63) is 89.1 Å². The summed E-state index contributed by atoms with van der Waals surface area (Å²) < 4.78 is 35.7. The van der Waals surface area contributed by atoms with Gasteiger partial charge in [-0.05, 0) is 66.9 Å². The average molecular weight is 589 g/mol. The predicted octanol–water partition coefficient (Wildman–Crippen LogP) is 6.95. The second kappa shape index (κ2) is 11.2. The first kappa shape index (κ1) is 27.8. The summed E-state index contributed by atoms with van der Waals surface area (Å²) in [5.41, 5.74) is 4.56. The highest BCUT2D eigenvalue weighted by Crippen LogP contribution is 2.42. The lowest BCUT2D eigenvalue weighted by Gasteiger charge is -2.35. The number of piperidine rings is 1. The highest BCUT2D eigenvalue weighted by Gasteiger charge is 2.31. The fraction of sp³-hybridized carbons (Fsp3) is 0.250. The van der Waals surface area contributed by atoms with Crippen LogP contribution in [0.4, 0.5) is 14.5 Å². The molecular weight excluding hydrogens is 558 g/mol. The number of H-pyrrole nitrogens is 1. The van der Waals surface area contributed by atoms with Gasteiger partial charge in [0.25, 0.3) is 11.8 Å². The highest BCUT2D eigenvalue weighted by molar-refractivity contribution is 7.99. The third-order valence-electron chi connectivity index (χ3n) is 8.03. The molecule has 0 radical (unpaired) electrons. The molecule has 0 spiro atoms. The molecule has 1 saturated heterocycles. The molecule has 0 saturated carbocycles. The maximum absolute atomic E-state index is 13.7. The number of hydrogen-bond donors (Lipinski definition) is 2. The SMILES string of the molecule is CNC(=O)c1c(-c2ccc(F)cc2)oc2cc(N(C)SC)c(C3CCCN(C(=O)c4c[nH]c5cc(F)ccc45)C3)cc12. The van der Waals surface area contributed by atoms with E-state index in [0.29, 0.717) is 57.4 Å². The number of hydrogen-bond acceptors (Lipinski definition) is 5. The largest absolute Gasteiger partial charge is 0.455 e. The van der Waals surface area contributed by atoms with Gasteiger partial charge in [-0.25, -0.2) is 8.78 Å². The summed E-state index contributed by atoms with van der Waals surface area (Å²) in [5, 5.41) is 4.06. The van der Waals surface area contributed by atoms with Gasteiger partial charge in [0.1, 0.15) is 23.0 Å². The van der Waals surface area contributed by atoms with Gasteiger partial charge >= 0.3 is 0 Å². The van der Waals surface area contributed by atoms with Gasteiger partial charge in [-0.3, -0.25) is 9.59 Å². The molecule has 3 heterocycles. The number of furan rings is 1. The van der Waals surface area contributed by atoms with Gasteiger partial charge in [0, 0.05) is 73.5 Å². The van der Waals surface area contributed by atoms with E-state index in [1.807, 2.05) is 34.6 Å². The normalized spacial score (nSPS) is 15.4. The molecule has 6 rings (SSSR count). The molecule has 1 aliphatic heterocycles. The molecule has 1 fully saturated rings. The lowest BCUT2D eigenvalue weighted by atomic mass is 9.87. The Balaban J connectivity index is 1.42. The van der Waals surface area contributed by atoms with Crippen LogP contribution < -0.4 is 9.62 Å². The van der Waals surface area contributed by atoms with E-state index in [-0.39, 0.29) is 29.4 Å². The number of amides is 2. The number of halogens is 2. The van der Waals surface area contributed by atoms with E-state index in [1.54, 1.807) is 43.4 Å². The summed E-state index contributed by atoms with van der Waals surface area (Å²) in [6, 6.07) is 14.2. The Morgan fingerprint density at radius 3 is 2.57 bits per heavy atom. The van der Waals surface area contributed by atoms with Gasteiger partial charge in [-0.2, -0.15) is 0 Å². The monoisotopic (exact) mass is 588 g/mol. The number of fused-ring (bicyclic) bond motifs is 2. The zero-order chi connectivity index (χ0) is 29.5. The van der Waals surface area contributed by atoms with Crippen LogP contribution in [0.15, 0.2) is 65.2 Å². The van der Waals surface area contributed by atoms with Crippen LogP contribution in [-0.4, -0.2) is 55.1 Å². The molecule has 10 heteroatoms. The van der Waals surface area contributed by atoms with Crippen LogP contribution in [0.2, 0.25) is 0 Å². The molecule has 5 aromatic rings. The minimum atomic E-state index is -0.376. The number of benzene rings is 3. The first-order valence-corrected chi connectivity index (χ1v) is 14.9. The first-order chi connectivity index (χ1) is 20.3. The summed E-state index contributed by atoms with van der Waals surface area (Å²) in [6.45, 7) is 1.11. The summed E-state index contributed by atoms with van der Waals surface area (Å²) in [4.78, 5) is 31.7. The van der Waals surface area contributed by atoms with E-state index in [2.05, 4.69) is 10.3 Å². The Morgan fingerprint density at radius 1 is 1.07 bits per heavy atom. The van der Waals surface area contributed by atoms with E-state index < -0.39 is 0 Å². The second-order valence-corrected chi connectivity index (χ2v) is 11.4. The average Bonchev–Trinajstić information content (AvgIpc) is 3.60. The fourth-order valence-corrected chi connectivity index (χ4v) is 6.22. The van der Waals surface area contributed by atoms with Crippen molar-refractivity contribution < 1.29 is 22.8 Å². The minimum absolute atomic E-state index is 0.000981. The molecule has 42 heavy (non-hydrogen) atoms. The van der Waals surface area contributed by atoms with Crippen molar-refractivity contribution in [2.24, 2.45) is 0 Å². The topological polar surface area (TPSA) is 81.6 Å². The zero-order valence-electron chi connectivity index (χ0n) is 23.5. The standard InChI is InChI=1S/C32H30F2N4O3S/c1-35-31(39)29-24-14-23(27(37(2)42-3)15-28(24)41-30(29)18-6-8-20(33)9-7-18)19-5-4-12-38(17-19)32(40)25-16-36-26-13-21(34)10-11-22(25)26/h6-11,13-16,19,36H,4-5,12,17H2,1-3H3,(H,35,39). The Labute approximate surface area is 246 Å². The van der Waals surface area contributed by atoms with Crippen LogP contribution in [0.1, 0.15) is 45.0 Å². The molecule has 2 N–H and O–H groups in total. The van der Waals surface area contributed by atoms with Crippen LogP contribution in [0.25, 0.3) is 33.2 Å². The van der Waals surface area contributed by atoms with Gasteiger partial charge in [-0.1, -0.05) is 11.9 Å². The Hall–Kier alpha value is -4.31. The second-order valence-electron chi connectivity index (χ2n) is 10.5. The van der Waals surface area contributed by atoms with E-state index in [0.717, 1.165) is 24.1 Å². The van der Waals surface area contributed by atoms with Crippen molar-refractivity contribution in [3.8, 4) is 11.3 Å². The van der Waals surface area contributed by atoms with Crippen LogP contribution in [-0.2, 0) is 0 Å². The number of carbonyl (C=O) groups excluding carboxylic acids is 2. The van der Waals surface area contributed by atoms with Gasteiger partial charge in [-0.15, -0.1) is 0 Å². The van der Waals surface area contributed by atoms with E-state index >= 15 is 0 Å². The number of rotatable bonds is 6. The molecule has 3 aromatic carbocycles. The number of likely N-dealkylation sites (tertiary alicyclic amines) is 1. The third-order valence-corrected chi connectivity index (χ3v) is 8.78. The molecule has 2 aromatic heterocycles. The van der Waals surface area contributed by atoms with Crippen LogP contribution >= 0.6 is 11.9 Å². The summed E-state index contributed by atoms with van der Waals surface area (Å²) in [6.07, 6.45) is 5.30. The van der Waals surface area contributed by atoms with Gasteiger partial charge < -0.3 is 23.9 Å². The van der Waals surface area contributed by atoms with Gasteiger partial charge in [0.15, 0.2) is 0 Å². The fourth-order valence-electron chi connectivity index (χ4n) is 5.86. The van der Waals surface area contributed by atoms with Crippen molar-refractivity contribution in [3.63, 3.8) is 0 Å². The number of carbonyl (C=O) groups is 2. The lowest BCUT2D eigenvalue weighted by Crippen LogP contribution is -2.39. The minimum Gasteiger partial charge on any atom is -0.455 e. The number of nitrogens with one attached hydrogen (secondary N) is 2. The smallest absolute Gasteiger partial charge is 0.256 e. The predicted molar refractivity (Wildman–Crippen MR) is 163 cm³/mol. The quantitative estimate of drug-likeness (QED) is 0.210.